The molecule has 1 fully saturated rings. The van der Waals surface area contributed by atoms with Gasteiger partial charge >= 0.3 is 0 Å². The van der Waals surface area contributed by atoms with Gasteiger partial charge in [-0.1, -0.05) is 47.1 Å². The molecule has 1 aliphatic heterocycles. The van der Waals surface area contributed by atoms with Crippen molar-refractivity contribution in [3.63, 3.8) is 0 Å². The largest absolute Gasteiger partial charge is 0.478 e. The van der Waals surface area contributed by atoms with Crippen molar-refractivity contribution in [2.24, 2.45) is 0 Å². The second-order valence-corrected chi connectivity index (χ2v) is 9.16. The van der Waals surface area contributed by atoms with Crippen molar-refractivity contribution in [2.75, 3.05) is 19.7 Å². The molecule has 0 aliphatic carbocycles. The first-order valence-corrected chi connectivity index (χ1v) is 11.6. The summed E-state index contributed by atoms with van der Waals surface area (Å²) in [6.45, 7) is 6.35. The molecule has 4 rings (SSSR count). The first-order chi connectivity index (χ1) is 16.4. The Kier molecular flexibility index (Phi) is 7.82. The van der Waals surface area contributed by atoms with E-state index >= 15 is 0 Å². The minimum absolute atomic E-state index is 0.0932. The van der Waals surface area contributed by atoms with Gasteiger partial charge in [-0.2, -0.15) is 0 Å². The minimum Gasteiger partial charge on any atom is -0.478 e. The van der Waals surface area contributed by atoms with Gasteiger partial charge in [0.15, 0.2) is 5.60 Å². The fourth-order valence-electron chi connectivity index (χ4n) is 3.79. The molecule has 1 aliphatic rings. The molecule has 1 aromatic heterocycles. The maximum absolute atomic E-state index is 13.2. The first-order valence-electron chi connectivity index (χ1n) is 11.3. The van der Waals surface area contributed by atoms with E-state index in [2.05, 4.69) is 10.3 Å². The van der Waals surface area contributed by atoms with Gasteiger partial charge in [0, 0.05) is 18.1 Å². The molecule has 0 radical (unpaired) electrons. The summed E-state index contributed by atoms with van der Waals surface area (Å²) in [6, 6.07) is 17.0. The number of nitrogens with zero attached hydrogens (tertiary/aromatic N) is 4. The zero-order valence-electron chi connectivity index (χ0n) is 19.4. The van der Waals surface area contributed by atoms with Crippen LogP contribution in [0.25, 0.3) is 0 Å². The Bertz CT molecular complexity index is 1070. The summed E-state index contributed by atoms with van der Waals surface area (Å²) in [4.78, 5) is 15.0. The standard InChI is InChI=1S/C25H29ClN4O4/c1-25(2,34-22-10-8-20(26)9-11-22)24(31)29-12-13-33-23(15-29)16-30-14-21(27-28-30)18-32-17-19-6-4-3-5-7-19/h3-11,14,23H,12-13,15-18H2,1-2H3. The Morgan fingerprint density at radius 2 is 1.91 bits per heavy atom. The smallest absolute Gasteiger partial charge is 0.266 e. The average molecular weight is 485 g/mol. The van der Waals surface area contributed by atoms with Gasteiger partial charge in [-0.05, 0) is 43.7 Å². The van der Waals surface area contributed by atoms with Crippen molar-refractivity contribution in [1.29, 1.82) is 0 Å². The predicted octanol–water partition coefficient (Wildman–Crippen LogP) is 3.73. The molecule has 34 heavy (non-hydrogen) atoms. The highest BCUT2D eigenvalue weighted by Crippen LogP contribution is 2.23. The number of benzene rings is 2. The highest BCUT2D eigenvalue weighted by Gasteiger charge is 2.37. The number of halogens is 1. The molecule has 0 N–H and O–H groups in total. The maximum Gasteiger partial charge on any atom is 0.266 e. The number of carbonyl (C=O) groups excluding carboxylic acids is 1. The third-order valence-corrected chi connectivity index (χ3v) is 5.72. The van der Waals surface area contributed by atoms with Crippen LogP contribution in [0, 0.1) is 0 Å². The van der Waals surface area contributed by atoms with Crippen molar-refractivity contribution in [3.8, 4) is 5.75 Å². The summed E-state index contributed by atoms with van der Waals surface area (Å²) in [6.07, 6.45) is 1.66. The lowest BCUT2D eigenvalue weighted by molar-refractivity contribution is -0.153. The Morgan fingerprint density at radius 3 is 2.68 bits per heavy atom. The van der Waals surface area contributed by atoms with E-state index in [0.29, 0.717) is 50.2 Å². The van der Waals surface area contributed by atoms with Crippen molar-refractivity contribution in [1.82, 2.24) is 19.9 Å². The van der Waals surface area contributed by atoms with Gasteiger partial charge in [0.1, 0.15) is 11.4 Å². The lowest BCUT2D eigenvalue weighted by Crippen LogP contribution is -2.55. The van der Waals surface area contributed by atoms with Gasteiger partial charge < -0.3 is 19.1 Å². The number of ether oxygens (including phenoxy) is 3. The molecule has 0 spiro atoms. The van der Waals surface area contributed by atoms with E-state index in [9.17, 15) is 4.79 Å². The van der Waals surface area contributed by atoms with E-state index < -0.39 is 5.60 Å². The highest BCUT2D eigenvalue weighted by atomic mass is 35.5. The summed E-state index contributed by atoms with van der Waals surface area (Å²) in [5.41, 5.74) is 0.835. The second-order valence-electron chi connectivity index (χ2n) is 8.72. The van der Waals surface area contributed by atoms with Crippen LogP contribution in [0.3, 0.4) is 0 Å². The number of morpholine rings is 1. The second kappa shape index (κ2) is 11.0. The Hall–Kier alpha value is -2.94. The van der Waals surface area contributed by atoms with Gasteiger partial charge in [-0.3, -0.25) is 4.79 Å². The van der Waals surface area contributed by atoms with Gasteiger partial charge in [0.2, 0.25) is 0 Å². The number of rotatable bonds is 9. The molecule has 9 heteroatoms. The summed E-state index contributed by atoms with van der Waals surface area (Å²) in [7, 11) is 0. The van der Waals surface area contributed by atoms with Gasteiger partial charge in [-0.25, -0.2) is 4.68 Å². The van der Waals surface area contributed by atoms with Crippen molar-refractivity contribution in [3.05, 3.63) is 77.1 Å². The van der Waals surface area contributed by atoms with E-state index in [4.69, 9.17) is 25.8 Å². The van der Waals surface area contributed by atoms with Crippen LogP contribution in [0.4, 0.5) is 0 Å². The Balaban J connectivity index is 1.28. The molecule has 1 saturated heterocycles. The number of amides is 1. The number of carbonyl (C=O) groups is 1. The molecule has 1 unspecified atom stereocenters. The van der Waals surface area contributed by atoms with E-state index in [1.54, 1.807) is 47.7 Å². The summed E-state index contributed by atoms with van der Waals surface area (Å²) < 4.78 is 19.3. The Labute approximate surface area is 204 Å². The molecule has 180 valence electrons. The number of aromatic nitrogens is 3. The maximum atomic E-state index is 13.2. The van der Waals surface area contributed by atoms with Gasteiger partial charge in [0.05, 0.1) is 38.7 Å². The van der Waals surface area contributed by atoms with Crippen LogP contribution in [0.2, 0.25) is 5.02 Å². The molecule has 1 amide bonds. The quantitative estimate of drug-likeness (QED) is 0.460. The van der Waals surface area contributed by atoms with E-state index in [1.165, 1.54) is 0 Å². The van der Waals surface area contributed by atoms with Gasteiger partial charge in [0.25, 0.3) is 5.91 Å². The minimum atomic E-state index is -1.02. The molecular formula is C25H29ClN4O4. The monoisotopic (exact) mass is 484 g/mol. The fourth-order valence-corrected chi connectivity index (χ4v) is 3.91. The van der Waals surface area contributed by atoms with E-state index in [1.807, 2.05) is 36.5 Å². The SMILES string of the molecule is CC(C)(Oc1ccc(Cl)cc1)C(=O)N1CCOC(Cn2cc(COCc3ccccc3)nn2)C1. The number of hydrogen-bond acceptors (Lipinski definition) is 6. The summed E-state index contributed by atoms with van der Waals surface area (Å²) in [5.74, 6) is 0.501. The van der Waals surface area contributed by atoms with Crippen LogP contribution in [-0.2, 0) is 34.0 Å². The number of hydrogen-bond donors (Lipinski definition) is 0. The molecule has 8 nitrogen and oxygen atoms in total. The van der Waals surface area contributed by atoms with Crippen LogP contribution in [0.5, 0.6) is 5.75 Å². The molecule has 2 aromatic carbocycles. The lowest BCUT2D eigenvalue weighted by atomic mass is 10.1. The van der Waals surface area contributed by atoms with Crippen LogP contribution in [0.15, 0.2) is 60.8 Å². The molecule has 0 saturated carbocycles. The van der Waals surface area contributed by atoms with Crippen molar-refractivity contribution >= 4 is 17.5 Å². The normalized spacial score (nSPS) is 16.4. The lowest BCUT2D eigenvalue weighted by Gasteiger charge is -2.37. The molecule has 1 atom stereocenters. The fraction of sp³-hybridized carbons (Fsp3) is 0.400. The predicted molar refractivity (Wildman–Crippen MR) is 127 cm³/mol. The summed E-state index contributed by atoms with van der Waals surface area (Å²) in [5, 5.41) is 8.98. The first kappa shape index (κ1) is 24.2. The molecular weight excluding hydrogens is 456 g/mol. The van der Waals surface area contributed by atoms with Crippen LogP contribution < -0.4 is 4.74 Å². The summed E-state index contributed by atoms with van der Waals surface area (Å²) >= 11 is 5.94. The van der Waals surface area contributed by atoms with Crippen molar-refractivity contribution in [2.45, 2.75) is 45.3 Å². The van der Waals surface area contributed by atoms with E-state index in [-0.39, 0.29) is 12.0 Å². The third kappa shape index (κ3) is 6.56. The molecule has 2 heterocycles. The molecule has 0 bridgehead atoms. The van der Waals surface area contributed by atoms with Gasteiger partial charge in [-0.15, -0.1) is 5.10 Å². The van der Waals surface area contributed by atoms with Crippen LogP contribution in [0.1, 0.15) is 25.1 Å². The van der Waals surface area contributed by atoms with E-state index in [0.717, 1.165) is 11.3 Å². The molecule has 3 aromatic rings. The third-order valence-electron chi connectivity index (χ3n) is 5.47. The Morgan fingerprint density at radius 1 is 1.15 bits per heavy atom. The van der Waals surface area contributed by atoms with Crippen LogP contribution in [-0.4, -0.2) is 57.2 Å². The zero-order chi connectivity index (χ0) is 24.0. The average Bonchev–Trinajstić information content (AvgIpc) is 3.28. The highest BCUT2D eigenvalue weighted by molar-refractivity contribution is 6.30. The van der Waals surface area contributed by atoms with Crippen molar-refractivity contribution < 1.29 is 19.0 Å². The zero-order valence-corrected chi connectivity index (χ0v) is 20.1. The van der Waals surface area contributed by atoms with Crippen LogP contribution >= 0.6 is 11.6 Å². The topological polar surface area (TPSA) is 78.7 Å².